The minimum absolute atomic E-state index is 0.745. The van der Waals surface area contributed by atoms with Gasteiger partial charge in [-0.05, 0) is 30.5 Å². The minimum Gasteiger partial charge on any atom is -0.364 e. The van der Waals surface area contributed by atoms with Gasteiger partial charge in [-0.1, -0.05) is 20.8 Å². The molecule has 0 bridgehead atoms. The highest BCUT2D eigenvalue weighted by molar-refractivity contribution is 5.02. The van der Waals surface area contributed by atoms with E-state index >= 15 is 0 Å². The van der Waals surface area contributed by atoms with Crippen LogP contribution in [-0.4, -0.2) is 11.5 Å². The summed E-state index contributed by atoms with van der Waals surface area (Å²) < 4.78 is 0. The molecule has 0 saturated carbocycles. The van der Waals surface area contributed by atoms with Gasteiger partial charge in [0, 0.05) is 18.4 Å². The molecule has 2 heteroatoms. The van der Waals surface area contributed by atoms with E-state index in [-0.39, 0.29) is 0 Å². The number of nitrogens with one attached hydrogen (secondary N) is 2. The smallest absolute Gasteiger partial charge is 0.0357 e. The Bertz CT molecular complexity index is 214. The normalized spacial score (nSPS) is 13.5. The second-order valence-electron chi connectivity index (χ2n) is 4.05. The van der Waals surface area contributed by atoms with Gasteiger partial charge in [-0.3, -0.25) is 0 Å². The molecule has 74 valence electrons. The van der Waals surface area contributed by atoms with E-state index in [2.05, 4.69) is 37.1 Å². The quantitative estimate of drug-likeness (QED) is 0.715. The van der Waals surface area contributed by atoms with Gasteiger partial charge in [0.05, 0.1) is 0 Å². The average Bonchev–Trinajstić information content (AvgIpc) is 2.56. The van der Waals surface area contributed by atoms with Crippen LogP contribution in [0.25, 0.3) is 0 Å². The number of hydrogen-bond donors (Lipinski definition) is 2. The Balaban J connectivity index is 2.14. The maximum absolute atomic E-state index is 3.44. The van der Waals surface area contributed by atoms with E-state index in [1.54, 1.807) is 0 Å². The molecule has 1 aromatic rings. The first-order valence-electron chi connectivity index (χ1n) is 5.03. The van der Waals surface area contributed by atoms with Crippen LogP contribution in [-0.2, 0) is 6.54 Å². The van der Waals surface area contributed by atoms with Crippen LogP contribution in [0, 0.1) is 11.8 Å². The first-order valence-corrected chi connectivity index (χ1v) is 5.03. The molecule has 0 saturated heterocycles. The van der Waals surface area contributed by atoms with E-state index in [9.17, 15) is 0 Å². The van der Waals surface area contributed by atoms with Gasteiger partial charge in [0.15, 0.2) is 0 Å². The third-order valence-corrected chi connectivity index (χ3v) is 2.58. The van der Waals surface area contributed by atoms with Gasteiger partial charge in [0.25, 0.3) is 0 Å². The van der Waals surface area contributed by atoms with E-state index in [0.717, 1.165) is 24.9 Å². The van der Waals surface area contributed by atoms with Crippen molar-refractivity contribution in [3.8, 4) is 0 Å². The Morgan fingerprint density at radius 3 is 2.69 bits per heavy atom. The molecule has 1 rings (SSSR count). The van der Waals surface area contributed by atoms with E-state index in [1.807, 2.05) is 12.3 Å². The Hall–Kier alpha value is -0.760. The molecule has 13 heavy (non-hydrogen) atoms. The summed E-state index contributed by atoms with van der Waals surface area (Å²) in [7, 11) is 0. The lowest BCUT2D eigenvalue weighted by Crippen LogP contribution is -2.23. The van der Waals surface area contributed by atoms with Crippen molar-refractivity contribution in [3.05, 3.63) is 24.0 Å². The Labute approximate surface area is 80.7 Å². The predicted octanol–water partition coefficient (Wildman–Crippen LogP) is 2.40. The summed E-state index contributed by atoms with van der Waals surface area (Å²) in [5.74, 6) is 1.51. The summed E-state index contributed by atoms with van der Waals surface area (Å²) in [4.78, 5) is 3.18. The summed E-state index contributed by atoms with van der Waals surface area (Å²) >= 11 is 0. The standard InChI is InChI=1S/C11H20N2/c1-9(2)10(3)7-12-8-11-5-4-6-13-11/h4-6,9-10,12-13H,7-8H2,1-3H3. The fourth-order valence-corrected chi connectivity index (χ4v) is 1.15. The minimum atomic E-state index is 0.745. The van der Waals surface area contributed by atoms with Crippen LogP contribution < -0.4 is 5.32 Å². The van der Waals surface area contributed by atoms with Gasteiger partial charge in [0.2, 0.25) is 0 Å². The molecule has 1 atom stereocenters. The highest BCUT2D eigenvalue weighted by Gasteiger charge is 2.05. The zero-order chi connectivity index (χ0) is 9.68. The lowest BCUT2D eigenvalue weighted by Gasteiger charge is -2.15. The predicted molar refractivity (Wildman–Crippen MR) is 56.5 cm³/mol. The Kier molecular flexibility index (Phi) is 4.03. The van der Waals surface area contributed by atoms with Crippen LogP contribution in [0.1, 0.15) is 26.5 Å². The van der Waals surface area contributed by atoms with Crippen molar-refractivity contribution in [1.82, 2.24) is 10.3 Å². The fourth-order valence-electron chi connectivity index (χ4n) is 1.15. The maximum Gasteiger partial charge on any atom is 0.0357 e. The zero-order valence-electron chi connectivity index (χ0n) is 8.80. The van der Waals surface area contributed by atoms with Crippen molar-refractivity contribution in [3.63, 3.8) is 0 Å². The number of aromatic amines is 1. The molecule has 2 nitrogen and oxygen atoms in total. The molecule has 1 unspecified atom stereocenters. The summed E-state index contributed by atoms with van der Waals surface area (Å²) in [5, 5.41) is 3.44. The van der Waals surface area contributed by atoms with Crippen molar-refractivity contribution in [1.29, 1.82) is 0 Å². The highest BCUT2D eigenvalue weighted by atomic mass is 14.9. The molecule has 0 aliphatic carbocycles. The molecule has 0 radical (unpaired) electrons. The van der Waals surface area contributed by atoms with Crippen LogP contribution in [0.5, 0.6) is 0 Å². The van der Waals surface area contributed by atoms with Gasteiger partial charge in [-0.25, -0.2) is 0 Å². The van der Waals surface area contributed by atoms with Gasteiger partial charge in [-0.2, -0.15) is 0 Å². The van der Waals surface area contributed by atoms with Crippen molar-refractivity contribution in [2.75, 3.05) is 6.54 Å². The van der Waals surface area contributed by atoms with E-state index in [0.29, 0.717) is 0 Å². The summed E-state index contributed by atoms with van der Waals surface area (Å²) in [6, 6.07) is 4.13. The lowest BCUT2D eigenvalue weighted by atomic mass is 9.98. The first kappa shape index (κ1) is 10.3. The molecule has 0 amide bonds. The lowest BCUT2D eigenvalue weighted by molar-refractivity contribution is 0.392. The number of aromatic nitrogens is 1. The molecule has 0 aliphatic heterocycles. The van der Waals surface area contributed by atoms with Crippen LogP contribution >= 0.6 is 0 Å². The van der Waals surface area contributed by atoms with Gasteiger partial charge >= 0.3 is 0 Å². The fraction of sp³-hybridized carbons (Fsp3) is 0.636. The number of rotatable bonds is 5. The van der Waals surface area contributed by atoms with Gasteiger partial charge < -0.3 is 10.3 Å². The monoisotopic (exact) mass is 180 g/mol. The highest BCUT2D eigenvalue weighted by Crippen LogP contribution is 2.07. The number of hydrogen-bond acceptors (Lipinski definition) is 1. The third kappa shape index (κ3) is 3.64. The van der Waals surface area contributed by atoms with Gasteiger partial charge in [-0.15, -0.1) is 0 Å². The maximum atomic E-state index is 3.44. The molecular formula is C11H20N2. The molecule has 1 heterocycles. The van der Waals surface area contributed by atoms with Crippen LogP contribution in [0.2, 0.25) is 0 Å². The van der Waals surface area contributed by atoms with Crippen LogP contribution in [0.4, 0.5) is 0 Å². The molecule has 1 aromatic heterocycles. The average molecular weight is 180 g/mol. The SMILES string of the molecule is CC(C)C(C)CNCc1ccc[nH]1. The van der Waals surface area contributed by atoms with E-state index in [1.165, 1.54) is 5.69 Å². The molecule has 0 spiro atoms. The largest absolute Gasteiger partial charge is 0.364 e. The summed E-state index contributed by atoms with van der Waals surface area (Å²) in [6.07, 6.45) is 1.96. The molecule has 2 N–H and O–H groups in total. The molecule has 0 fully saturated rings. The second kappa shape index (κ2) is 5.07. The summed E-state index contributed by atoms with van der Waals surface area (Å²) in [5.41, 5.74) is 1.26. The summed E-state index contributed by atoms with van der Waals surface area (Å²) in [6.45, 7) is 8.86. The van der Waals surface area contributed by atoms with Crippen LogP contribution in [0.15, 0.2) is 18.3 Å². The topological polar surface area (TPSA) is 27.8 Å². The Morgan fingerprint density at radius 2 is 2.15 bits per heavy atom. The Morgan fingerprint density at radius 1 is 1.38 bits per heavy atom. The van der Waals surface area contributed by atoms with Crippen molar-refractivity contribution in [2.24, 2.45) is 11.8 Å². The zero-order valence-corrected chi connectivity index (χ0v) is 8.80. The van der Waals surface area contributed by atoms with Crippen molar-refractivity contribution >= 4 is 0 Å². The van der Waals surface area contributed by atoms with Gasteiger partial charge in [0.1, 0.15) is 0 Å². The van der Waals surface area contributed by atoms with E-state index < -0.39 is 0 Å². The van der Waals surface area contributed by atoms with Crippen molar-refractivity contribution < 1.29 is 0 Å². The number of H-pyrrole nitrogens is 1. The van der Waals surface area contributed by atoms with E-state index in [4.69, 9.17) is 0 Å². The van der Waals surface area contributed by atoms with Crippen molar-refractivity contribution in [2.45, 2.75) is 27.3 Å². The third-order valence-electron chi connectivity index (χ3n) is 2.58. The molecular weight excluding hydrogens is 160 g/mol. The molecule has 0 aromatic carbocycles. The first-order chi connectivity index (χ1) is 6.20. The van der Waals surface area contributed by atoms with Crippen LogP contribution in [0.3, 0.4) is 0 Å². The second-order valence-corrected chi connectivity index (χ2v) is 4.05. The molecule has 0 aliphatic rings.